The van der Waals surface area contributed by atoms with Crippen LogP contribution in [0.1, 0.15) is 27.0 Å². The fourth-order valence-electron chi connectivity index (χ4n) is 3.32. The van der Waals surface area contributed by atoms with Gasteiger partial charge < -0.3 is 5.32 Å². The van der Waals surface area contributed by atoms with Crippen LogP contribution in [-0.4, -0.2) is 10.9 Å². The summed E-state index contributed by atoms with van der Waals surface area (Å²) in [5, 5.41) is 5.98. The van der Waals surface area contributed by atoms with Crippen LogP contribution in [-0.2, 0) is 0 Å². The quantitative estimate of drug-likeness (QED) is 0.469. The SMILES string of the molecule is Cc1cc(C)c2nc(-c3cccs3)cc(C(=O)Nc3ccccc3C)c2c1. The van der Waals surface area contributed by atoms with Crippen LogP contribution in [0.4, 0.5) is 5.69 Å². The highest BCUT2D eigenvalue weighted by Gasteiger charge is 2.17. The normalized spacial score (nSPS) is 10.9. The molecule has 0 saturated heterocycles. The third-order valence-electron chi connectivity index (χ3n) is 4.66. The summed E-state index contributed by atoms with van der Waals surface area (Å²) >= 11 is 1.63. The molecule has 1 N–H and O–H groups in total. The highest BCUT2D eigenvalue weighted by atomic mass is 32.1. The minimum Gasteiger partial charge on any atom is -0.322 e. The van der Waals surface area contributed by atoms with Gasteiger partial charge in [-0.25, -0.2) is 4.98 Å². The first-order chi connectivity index (χ1) is 13.0. The van der Waals surface area contributed by atoms with Crippen molar-refractivity contribution in [3.63, 3.8) is 0 Å². The number of hydrogen-bond donors (Lipinski definition) is 1. The molecule has 0 aliphatic rings. The van der Waals surface area contributed by atoms with E-state index in [-0.39, 0.29) is 5.91 Å². The van der Waals surface area contributed by atoms with Gasteiger partial charge in [0, 0.05) is 11.1 Å². The number of aromatic nitrogens is 1. The van der Waals surface area contributed by atoms with E-state index < -0.39 is 0 Å². The lowest BCUT2D eigenvalue weighted by molar-refractivity contribution is 0.102. The Balaban J connectivity index is 1.89. The number of rotatable bonds is 3. The maximum Gasteiger partial charge on any atom is 0.256 e. The van der Waals surface area contributed by atoms with Crippen LogP contribution in [0.3, 0.4) is 0 Å². The standard InChI is InChI=1S/C23H20N2OS/c1-14-11-16(3)22-17(12-14)18(13-20(24-22)21-9-6-10-27-21)23(26)25-19-8-5-4-7-15(19)2/h4-13H,1-3H3,(H,25,26). The number of nitrogens with one attached hydrogen (secondary N) is 1. The van der Waals surface area contributed by atoms with Crippen LogP contribution >= 0.6 is 11.3 Å². The molecule has 0 spiro atoms. The number of carbonyl (C=O) groups is 1. The van der Waals surface area contributed by atoms with Crippen LogP contribution in [0.2, 0.25) is 0 Å². The molecule has 2 aromatic carbocycles. The molecule has 0 saturated carbocycles. The van der Waals surface area contributed by atoms with Gasteiger partial charge in [0.1, 0.15) is 0 Å². The molecule has 0 atom stereocenters. The van der Waals surface area contributed by atoms with Gasteiger partial charge in [0.15, 0.2) is 0 Å². The number of pyridine rings is 1. The van der Waals surface area contributed by atoms with Gasteiger partial charge in [-0.1, -0.05) is 35.9 Å². The molecule has 134 valence electrons. The van der Waals surface area contributed by atoms with Crippen molar-refractivity contribution in [2.45, 2.75) is 20.8 Å². The molecule has 4 heteroatoms. The average molecular weight is 372 g/mol. The van der Waals surface area contributed by atoms with Crippen molar-refractivity contribution in [2.75, 3.05) is 5.32 Å². The third kappa shape index (κ3) is 3.36. The van der Waals surface area contributed by atoms with E-state index in [2.05, 4.69) is 11.4 Å². The van der Waals surface area contributed by atoms with Crippen molar-refractivity contribution in [3.8, 4) is 10.6 Å². The molecule has 0 bridgehead atoms. The molecule has 27 heavy (non-hydrogen) atoms. The first-order valence-electron chi connectivity index (χ1n) is 8.86. The minimum atomic E-state index is -0.112. The summed E-state index contributed by atoms with van der Waals surface area (Å²) in [5.74, 6) is -0.112. The fraction of sp³-hybridized carbons (Fsp3) is 0.130. The highest BCUT2D eigenvalue weighted by Crippen LogP contribution is 2.30. The topological polar surface area (TPSA) is 42.0 Å². The zero-order chi connectivity index (χ0) is 19.0. The Kier molecular flexibility index (Phi) is 4.50. The maximum atomic E-state index is 13.2. The average Bonchev–Trinajstić information content (AvgIpc) is 3.17. The van der Waals surface area contributed by atoms with Crippen LogP contribution in [0, 0.1) is 20.8 Å². The van der Waals surface area contributed by atoms with Gasteiger partial charge in [-0.15, -0.1) is 11.3 Å². The number of amides is 1. The summed E-state index contributed by atoms with van der Waals surface area (Å²) in [6.45, 7) is 6.08. The predicted octanol–water partition coefficient (Wildman–Crippen LogP) is 6.14. The molecule has 2 aromatic heterocycles. The number of fused-ring (bicyclic) bond motifs is 1. The Morgan fingerprint density at radius 2 is 1.78 bits per heavy atom. The number of carbonyl (C=O) groups excluding carboxylic acids is 1. The lowest BCUT2D eigenvalue weighted by atomic mass is 10.0. The van der Waals surface area contributed by atoms with E-state index in [1.165, 1.54) is 0 Å². The first kappa shape index (κ1) is 17.4. The van der Waals surface area contributed by atoms with E-state index in [1.807, 2.05) is 74.7 Å². The summed E-state index contributed by atoms with van der Waals surface area (Å²) < 4.78 is 0. The van der Waals surface area contributed by atoms with Gasteiger partial charge in [0.2, 0.25) is 0 Å². The van der Waals surface area contributed by atoms with Gasteiger partial charge in [-0.2, -0.15) is 0 Å². The molecular formula is C23H20N2OS. The summed E-state index contributed by atoms with van der Waals surface area (Å²) in [6, 6.07) is 17.9. The molecule has 4 rings (SSSR count). The number of nitrogens with zero attached hydrogens (tertiary/aromatic N) is 1. The monoisotopic (exact) mass is 372 g/mol. The Morgan fingerprint density at radius 3 is 2.52 bits per heavy atom. The second-order valence-electron chi connectivity index (χ2n) is 6.78. The number of anilines is 1. The van der Waals surface area contributed by atoms with Gasteiger partial charge in [0.25, 0.3) is 5.91 Å². The van der Waals surface area contributed by atoms with E-state index in [0.29, 0.717) is 5.56 Å². The summed E-state index contributed by atoms with van der Waals surface area (Å²) in [4.78, 5) is 19.1. The smallest absolute Gasteiger partial charge is 0.256 e. The Bertz CT molecular complexity index is 1150. The van der Waals surface area contributed by atoms with E-state index in [4.69, 9.17) is 4.98 Å². The molecule has 0 radical (unpaired) electrons. The van der Waals surface area contributed by atoms with E-state index in [0.717, 1.165) is 43.9 Å². The van der Waals surface area contributed by atoms with E-state index in [9.17, 15) is 4.79 Å². The Hall–Kier alpha value is -2.98. The van der Waals surface area contributed by atoms with Crippen molar-refractivity contribution < 1.29 is 4.79 Å². The molecule has 4 aromatic rings. The summed E-state index contributed by atoms with van der Waals surface area (Å²) in [7, 11) is 0. The number of hydrogen-bond acceptors (Lipinski definition) is 3. The van der Waals surface area contributed by atoms with E-state index in [1.54, 1.807) is 11.3 Å². The fourth-order valence-corrected chi connectivity index (χ4v) is 4.01. The number of para-hydroxylation sites is 1. The number of thiophene rings is 1. The largest absolute Gasteiger partial charge is 0.322 e. The molecule has 0 aliphatic carbocycles. The highest BCUT2D eigenvalue weighted by molar-refractivity contribution is 7.13. The molecule has 0 aliphatic heterocycles. The van der Waals surface area contributed by atoms with Crippen molar-refractivity contribution in [1.82, 2.24) is 4.98 Å². The summed E-state index contributed by atoms with van der Waals surface area (Å²) in [6.07, 6.45) is 0. The number of aryl methyl sites for hydroxylation is 3. The molecular weight excluding hydrogens is 352 g/mol. The van der Waals surface area contributed by atoms with Crippen LogP contribution in [0.25, 0.3) is 21.5 Å². The second-order valence-corrected chi connectivity index (χ2v) is 7.73. The lowest BCUT2D eigenvalue weighted by Gasteiger charge is -2.13. The minimum absolute atomic E-state index is 0.112. The zero-order valence-electron chi connectivity index (χ0n) is 15.5. The molecule has 0 fully saturated rings. The first-order valence-corrected chi connectivity index (χ1v) is 9.74. The lowest BCUT2D eigenvalue weighted by Crippen LogP contribution is -2.14. The van der Waals surface area contributed by atoms with Gasteiger partial charge in [-0.05, 0) is 61.5 Å². The Morgan fingerprint density at radius 1 is 0.963 bits per heavy atom. The molecule has 1 amide bonds. The van der Waals surface area contributed by atoms with Crippen LogP contribution in [0.5, 0.6) is 0 Å². The zero-order valence-corrected chi connectivity index (χ0v) is 16.4. The third-order valence-corrected chi connectivity index (χ3v) is 5.55. The molecule has 2 heterocycles. The van der Waals surface area contributed by atoms with Gasteiger partial charge in [0.05, 0.1) is 21.7 Å². The molecule has 3 nitrogen and oxygen atoms in total. The van der Waals surface area contributed by atoms with Crippen LogP contribution in [0.15, 0.2) is 60.0 Å². The van der Waals surface area contributed by atoms with Crippen molar-refractivity contribution >= 4 is 33.8 Å². The molecule has 0 unspecified atom stereocenters. The van der Waals surface area contributed by atoms with E-state index >= 15 is 0 Å². The van der Waals surface area contributed by atoms with Gasteiger partial charge in [-0.3, -0.25) is 4.79 Å². The van der Waals surface area contributed by atoms with Crippen molar-refractivity contribution in [1.29, 1.82) is 0 Å². The predicted molar refractivity (Wildman–Crippen MR) is 114 cm³/mol. The Labute approximate surface area is 162 Å². The second kappa shape index (κ2) is 6.97. The van der Waals surface area contributed by atoms with Crippen LogP contribution < -0.4 is 5.32 Å². The summed E-state index contributed by atoms with van der Waals surface area (Å²) in [5.41, 5.74) is 6.42. The van der Waals surface area contributed by atoms with Crippen molar-refractivity contribution in [2.24, 2.45) is 0 Å². The maximum absolute atomic E-state index is 13.2. The number of benzene rings is 2. The van der Waals surface area contributed by atoms with Gasteiger partial charge >= 0.3 is 0 Å². The van der Waals surface area contributed by atoms with Crippen molar-refractivity contribution in [3.05, 3.63) is 82.2 Å².